The van der Waals surface area contributed by atoms with Crippen molar-refractivity contribution in [3.05, 3.63) is 34.1 Å². The first kappa shape index (κ1) is 8.61. The third kappa shape index (κ3) is 1.57. The molecule has 1 aromatic heterocycles. The number of nitro groups is 1. The molecule has 1 aromatic rings. The fourth-order valence-corrected chi connectivity index (χ4v) is 0.934. The molecule has 0 aliphatic heterocycles. The largest absolute Gasteiger partial charge is 0.324 e. The third-order valence-electron chi connectivity index (χ3n) is 1.52. The molecule has 0 radical (unpaired) electrons. The highest BCUT2D eigenvalue weighted by atomic mass is 16.6. The van der Waals surface area contributed by atoms with E-state index in [1.165, 1.54) is 12.4 Å². The Morgan fingerprint density at radius 1 is 1.75 bits per heavy atom. The third-order valence-corrected chi connectivity index (χ3v) is 1.52. The van der Waals surface area contributed by atoms with Crippen LogP contribution in [-0.2, 0) is 0 Å². The van der Waals surface area contributed by atoms with Crippen LogP contribution in [0.3, 0.4) is 0 Å². The highest BCUT2D eigenvalue weighted by molar-refractivity contribution is 5.38. The van der Waals surface area contributed by atoms with E-state index in [4.69, 9.17) is 5.73 Å². The van der Waals surface area contributed by atoms with Gasteiger partial charge in [-0.1, -0.05) is 0 Å². The molecule has 0 aliphatic carbocycles. The normalized spacial score (nSPS) is 12.5. The molecule has 0 spiro atoms. The Kier molecular flexibility index (Phi) is 2.35. The van der Waals surface area contributed by atoms with Crippen LogP contribution in [0, 0.1) is 10.1 Å². The predicted octanol–water partition coefficient (Wildman–Crippen LogP) is 1.01. The number of nitrogens with two attached hydrogens (primary N) is 1. The summed E-state index contributed by atoms with van der Waals surface area (Å²) in [5.74, 6) is 0. The van der Waals surface area contributed by atoms with Crippen LogP contribution in [0.5, 0.6) is 0 Å². The molecule has 12 heavy (non-hydrogen) atoms. The average Bonchev–Trinajstić information content (AvgIpc) is 2.04. The monoisotopic (exact) mass is 167 g/mol. The lowest BCUT2D eigenvalue weighted by Crippen LogP contribution is -2.08. The number of hydrogen-bond acceptors (Lipinski definition) is 4. The summed E-state index contributed by atoms with van der Waals surface area (Å²) in [6.07, 6.45) is 2.70. The Morgan fingerprint density at radius 2 is 2.42 bits per heavy atom. The van der Waals surface area contributed by atoms with Crippen LogP contribution in [0.2, 0.25) is 0 Å². The molecule has 0 aliphatic rings. The Hall–Kier alpha value is -1.49. The Balaban J connectivity index is 3.17. The summed E-state index contributed by atoms with van der Waals surface area (Å²) in [7, 11) is 0. The predicted molar refractivity (Wildman–Crippen MR) is 43.5 cm³/mol. The zero-order chi connectivity index (χ0) is 9.14. The zero-order valence-corrected chi connectivity index (χ0v) is 6.60. The minimum atomic E-state index is -0.480. The lowest BCUT2D eigenvalue weighted by atomic mass is 10.1. The Bertz CT molecular complexity index is 298. The Morgan fingerprint density at radius 3 is 2.83 bits per heavy atom. The molecule has 0 saturated carbocycles. The summed E-state index contributed by atoms with van der Waals surface area (Å²) >= 11 is 0. The van der Waals surface area contributed by atoms with Gasteiger partial charge in [-0.05, 0) is 13.0 Å². The molecular weight excluding hydrogens is 158 g/mol. The molecule has 2 N–H and O–H groups in total. The van der Waals surface area contributed by atoms with Crippen LogP contribution in [0.1, 0.15) is 18.5 Å². The first-order chi connectivity index (χ1) is 5.63. The summed E-state index contributed by atoms with van der Waals surface area (Å²) in [6, 6.07) is 1.22. The van der Waals surface area contributed by atoms with E-state index in [0.29, 0.717) is 5.56 Å². The molecule has 5 heteroatoms. The summed E-state index contributed by atoms with van der Waals surface area (Å²) in [5.41, 5.74) is 6.01. The molecule has 0 bridgehead atoms. The van der Waals surface area contributed by atoms with Gasteiger partial charge in [-0.25, -0.2) is 0 Å². The number of hydrogen-bond donors (Lipinski definition) is 1. The van der Waals surface area contributed by atoms with Crippen LogP contribution in [-0.4, -0.2) is 9.91 Å². The van der Waals surface area contributed by atoms with Crippen molar-refractivity contribution >= 4 is 5.69 Å². The van der Waals surface area contributed by atoms with Crippen LogP contribution >= 0.6 is 0 Å². The van der Waals surface area contributed by atoms with Crippen molar-refractivity contribution in [1.29, 1.82) is 0 Å². The minimum Gasteiger partial charge on any atom is -0.324 e. The smallest absolute Gasteiger partial charge is 0.292 e. The summed E-state index contributed by atoms with van der Waals surface area (Å²) in [5, 5.41) is 10.4. The van der Waals surface area contributed by atoms with Gasteiger partial charge in [0.05, 0.1) is 4.92 Å². The molecule has 0 fully saturated rings. The van der Waals surface area contributed by atoms with Gasteiger partial charge in [-0.15, -0.1) is 0 Å². The fourth-order valence-electron chi connectivity index (χ4n) is 0.934. The first-order valence-corrected chi connectivity index (χ1v) is 3.47. The average molecular weight is 167 g/mol. The SMILES string of the molecule is CC(N)c1ccncc1[N+](=O)[O-]. The topological polar surface area (TPSA) is 82.0 Å². The number of nitrogens with zero attached hydrogens (tertiary/aromatic N) is 2. The molecule has 1 rings (SSSR count). The maximum absolute atomic E-state index is 10.4. The summed E-state index contributed by atoms with van der Waals surface area (Å²) in [4.78, 5) is 13.6. The summed E-state index contributed by atoms with van der Waals surface area (Å²) in [6.45, 7) is 1.70. The van der Waals surface area contributed by atoms with E-state index in [0.717, 1.165) is 0 Å². The van der Waals surface area contributed by atoms with Crippen LogP contribution in [0.4, 0.5) is 5.69 Å². The van der Waals surface area contributed by atoms with Gasteiger partial charge in [0.1, 0.15) is 6.20 Å². The van der Waals surface area contributed by atoms with E-state index in [9.17, 15) is 10.1 Å². The van der Waals surface area contributed by atoms with E-state index in [2.05, 4.69) is 4.98 Å². The van der Waals surface area contributed by atoms with Crippen molar-refractivity contribution in [2.75, 3.05) is 0 Å². The molecule has 0 saturated heterocycles. The quantitative estimate of drug-likeness (QED) is 0.526. The lowest BCUT2D eigenvalue weighted by molar-refractivity contribution is -0.386. The van der Waals surface area contributed by atoms with Gasteiger partial charge in [0.25, 0.3) is 5.69 Å². The van der Waals surface area contributed by atoms with E-state index in [-0.39, 0.29) is 11.7 Å². The number of aromatic nitrogens is 1. The van der Waals surface area contributed by atoms with Crippen molar-refractivity contribution in [2.45, 2.75) is 13.0 Å². The molecule has 5 nitrogen and oxygen atoms in total. The maximum Gasteiger partial charge on any atom is 0.292 e. The zero-order valence-electron chi connectivity index (χ0n) is 6.60. The minimum absolute atomic E-state index is 0.0208. The van der Waals surface area contributed by atoms with Crippen molar-refractivity contribution in [2.24, 2.45) is 5.73 Å². The highest BCUT2D eigenvalue weighted by Gasteiger charge is 2.15. The molecule has 0 aromatic carbocycles. The van der Waals surface area contributed by atoms with E-state index in [1.54, 1.807) is 13.0 Å². The molecular formula is C7H9N3O2. The van der Waals surface area contributed by atoms with Gasteiger partial charge in [0, 0.05) is 17.8 Å². The second kappa shape index (κ2) is 3.27. The first-order valence-electron chi connectivity index (χ1n) is 3.47. The van der Waals surface area contributed by atoms with Crippen LogP contribution in [0.25, 0.3) is 0 Å². The van der Waals surface area contributed by atoms with Crippen molar-refractivity contribution in [3.8, 4) is 0 Å². The van der Waals surface area contributed by atoms with Gasteiger partial charge in [-0.2, -0.15) is 0 Å². The van der Waals surface area contributed by atoms with E-state index in [1.807, 2.05) is 0 Å². The molecule has 64 valence electrons. The van der Waals surface area contributed by atoms with Crippen LogP contribution < -0.4 is 5.73 Å². The second-order valence-electron chi connectivity index (χ2n) is 2.48. The van der Waals surface area contributed by atoms with Gasteiger partial charge in [0.15, 0.2) is 0 Å². The van der Waals surface area contributed by atoms with Gasteiger partial charge in [0.2, 0.25) is 0 Å². The molecule has 1 heterocycles. The van der Waals surface area contributed by atoms with Gasteiger partial charge >= 0.3 is 0 Å². The van der Waals surface area contributed by atoms with Crippen molar-refractivity contribution in [3.63, 3.8) is 0 Å². The molecule has 0 amide bonds. The lowest BCUT2D eigenvalue weighted by Gasteiger charge is -2.04. The van der Waals surface area contributed by atoms with Gasteiger partial charge in [-0.3, -0.25) is 15.1 Å². The highest BCUT2D eigenvalue weighted by Crippen LogP contribution is 2.20. The maximum atomic E-state index is 10.4. The summed E-state index contributed by atoms with van der Waals surface area (Å²) < 4.78 is 0. The number of rotatable bonds is 2. The van der Waals surface area contributed by atoms with Crippen molar-refractivity contribution in [1.82, 2.24) is 4.98 Å². The second-order valence-corrected chi connectivity index (χ2v) is 2.48. The standard InChI is InChI=1S/C7H9N3O2/c1-5(8)6-2-3-9-4-7(6)10(11)12/h2-5H,8H2,1H3. The fraction of sp³-hybridized carbons (Fsp3) is 0.286. The van der Waals surface area contributed by atoms with Gasteiger partial charge < -0.3 is 5.73 Å². The number of pyridine rings is 1. The van der Waals surface area contributed by atoms with E-state index < -0.39 is 4.92 Å². The molecule has 1 atom stereocenters. The van der Waals surface area contributed by atoms with E-state index >= 15 is 0 Å². The Labute approximate surface area is 69.4 Å². The van der Waals surface area contributed by atoms with Crippen molar-refractivity contribution < 1.29 is 4.92 Å². The molecule has 1 unspecified atom stereocenters. The van der Waals surface area contributed by atoms with Crippen LogP contribution in [0.15, 0.2) is 18.5 Å².